The fourth-order valence-electron chi connectivity index (χ4n) is 5.26. The summed E-state index contributed by atoms with van der Waals surface area (Å²) in [7, 11) is 1.79. The lowest BCUT2D eigenvalue weighted by Gasteiger charge is -2.45. The van der Waals surface area contributed by atoms with Gasteiger partial charge in [0.15, 0.2) is 0 Å². The minimum atomic E-state index is -0.318. The maximum atomic E-state index is 12.3. The van der Waals surface area contributed by atoms with Gasteiger partial charge in [0.25, 0.3) is 0 Å². The van der Waals surface area contributed by atoms with Gasteiger partial charge in [-0.3, -0.25) is 9.78 Å². The summed E-state index contributed by atoms with van der Waals surface area (Å²) in [4.78, 5) is 18.6. The van der Waals surface area contributed by atoms with Crippen molar-refractivity contribution in [3.05, 3.63) is 47.4 Å². The number of hydrogen-bond donors (Lipinski definition) is 2. The average molecular weight is 493 g/mol. The van der Waals surface area contributed by atoms with Gasteiger partial charge >= 0.3 is 0 Å². The Labute approximate surface area is 212 Å². The number of carbonyl (C=O) groups excluding carboxylic acids is 1. The molecule has 4 heterocycles. The first kappa shape index (κ1) is 24.6. The van der Waals surface area contributed by atoms with E-state index in [1.54, 1.807) is 7.05 Å². The number of carbonyl (C=O) groups is 1. The highest BCUT2D eigenvalue weighted by molar-refractivity contribution is 5.80. The normalized spacial score (nSPS) is 25.8. The quantitative estimate of drug-likeness (QED) is 0.580. The number of hydrogen-bond acceptors (Lipinski definition) is 8. The Kier molecular flexibility index (Phi) is 7.20. The zero-order valence-corrected chi connectivity index (χ0v) is 21.4. The Bertz CT molecular complexity index is 1110. The van der Waals surface area contributed by atoms with Gasteiger partial charge in [-0.15, -0.1) is 5.10 Å². The summed E-state index contributed by atoms with van der Waals surface area (Å²) < 4.78 is 12.1. The molecule has 192 valence electrons. The molecule has 2 aliphatic heterocycles. The topological polar surface area (TPSA) is 102 Å². The van der Waals surface area contributed by atoms with Crippen LogP contribution in [0.1, 0.15) is 55.5 Å². The molecule has 3 aliphatic rings. The summed E-state index contributed by atoms with van der Waals surface area (Å²) in [5.74, 6) is 0.960. The summed E-state index contributed by atoms with van der Waals surface area (Å²) >= 11 is 0. The van der Waals surface area contributed by atoms with Crippen molar-refractivity contribution in [2.75, 3.05) is 45.2 Å². The summed E-state index contributed by atoms with van der Waals surface area (Å²) in [6.07, 6.45) is 7.46. The molecule has 1 unspecified atom stereocenters. The molecule has 1 aliphatic carbocycles. The third-order valence-electron chi connectivity index (χ3n) is 7.34. The molecule has 2 N–H and O–H groups in total. The first-order valence-corrected chi connectivity index (χ1v) is 12.9. The highest BCUT2D eigenvalue weighted by atomic mass is 16.5. The molecule has 9 nitrogen and oxygen atoms in total. The molecule has 1 saturated heterocycles. The predicted molar refractivity (Wildman–Crippen MR) is 138 cm³/mol. The summed E-state index contributed by atoms with van der Waals surface area (Å²) in [6, 6.07) is 6.54. The molecule has 0 aromatic carbocycles. The maximum absolute atomic E-state index is 12.3. The molecular weight excluding hydrogens is 456 g/mol. The molecule has 1 amide bonds. The average Bonchev–Trinajstić information content (AvgIpc) is 3.40. The van der Waals surface area contributed by atoms with Crippen LogP contribution >= 0.6 is 0 Å². The van der Waals surface area contributed by atoms with E-state index in [-0.39, 0.29) is 17.4 Å². The van der Waals surface area contributed by atoms with Crippen LogP contribution in [0.3, 0.4) is 0 Å². The molecule has 2 aromatic heterocycles. The highest BCUT2D eigenvalue weighted by Crippen LogP contribution is 2.41. The van der Waals surface area contributed by atoms with Crippen molar-refractivity contribution in [1.82, 2.24) is 25.4 Å². The van der Waals surface area contributed by atoms with E-state index in [9.17, 15) is 4.79 Å². The lowest BCUT2D eigenvalue weighted by Crippen LogP contribution is -2.52. The van der Waals surface area contributed by atoms with Gasteiger partial charge in [0.05, 0.1) is 30.7 Å². The van der Waals surface area contributed by atoms with E-state index in [1.165, 1.54) is 0 Å². The number of likely N-dealkylation sites (N-methyl/N-ethyl adjacent to an activating group) is 1. The van der Waals surface area contributed by atoms with Gasteiger partial charge in [0.2, 0.25) is 11.8 Å². The largest absolute Gasteiger partial charge is 0.470 e. The van der Waals surface area contributed by atoms with Crippen LogP contribution in [0, 0.1) is 6.92 Å². The van der Waals surface area contributed by atoms with Crippen LogP contribution in [0.2, 0.25) is 0 Å². The standard InChI is InChI=1S/C27H36N6O3/c1-18-4-5-21(15-29-18)30-22-13-27(2,14-22)36-26-23(12-24(31-32-26)20-8-11-35-17-20)19-6-9-33(10-7-19)25(34)16-28-3/h4-6,12,15,20,22,28,30H,7-11,13-14,16-17H2,1-3H3. The zero-order valence-electron chi connectivity index (χ0n) is 21.4. The molecule has 1 atom stereocenters. The van der Waals surface area contributed by atoms with Crippen LogP contribution in [-0.2, 0) is 9.53 Å². The maximum Gasteiger partial charge on any atom is 0.241 e. The molecular formula is C27H36N6O3. The van der Waals surface area contributed by atoms with Gasteiger partial charge in [-0.2, -0.15) is 5.10 Å². The number of amides is 1. The fourth-order valence-corrected chi connectivity index (χ4v) is 5.26. The molecule has 36 heavy (non-hydrogen) atoms. The van der Waals surface area contributed by atoms with E-state index < -0.39 is 0 Å². The van der Waals surface area contributed by atoms with Crippen LogP contribution in [0.4, 0.5) is 5.69 Å². The number of nitrogens with one attached hydrogen (secondary N) is 2. The van der Waals surface area contributed by atoms with Crippen molar-refractivity contribution in [3.63, 3.8) is 0 Å². The van der Waals surface area contributed by atoms with Crippen molar-refractivity contribution < 1.29 is 14.3 Å². The Morgan fingerprint density at radius 3 is 2.83 bits per heavy atom. The number of pyridine rings is 1. The van der Waals surface area contributed by atoms with E-state index in [4.69, 9.17) is 9.47 Å². The van der Waals surface area contributed by atoms with E-state index in [2.05, 4.69) is 50.9 Å². The van der Waals surface area contributed by atoms with Crippen molar-refractivity contribution in [3.8, 4) is 5.88 Å². The third-order valence-corrected chi connectivity index (χ3v) is 7.34. The highest BCUT2D eigenvalue weighted by Gasteiger charge is 2.43. The lowest BCUT2D eigenvalue weighted by atomic mass is 9.76. The SMILES string of the molecule is CNCC(=O)N1CC=C(c2cc(C3CCOC3)nnc2OC2(C)CC(Nc3ccc(C)nc3)C2)CC1. The van der Waals surface area contributed by atoms with Crippen molar-refractivity contribution >= 4 is 17.2 Å². The first-order chi connectivity index (χ1) is 17.4. The number of nitrogens with zero attached hydrogens (tertiary/aromatic N) is 4. The van der Waals surface area contributed by atoms with Crippen LogP contribution in [0.25, 0.3) is 5.57 Å². The molecule has 0 spiro atoms. The zero-order chi connectivity index (χ0) is 25.1. The molecule has 1 saturated carbocycles. The van der Waals surface area contributed by atoms with E-state index in [1.807, 2.05) is 24.1 Å². The number of rotatable bonds is 8. The number of aromatic nitrogens is 3. The Balaban J connectivity index is 1.31. The second kappa shape index (κ2) is 10.5. The van der Waals surface area contributed by atoms with Crippen molar-refractivity contribution in [2.24, 2.45) is 0 Å². The van der Waals surface area contributed by atoms with E-state index in [0.717, 1.165) is 60.5 Å². The van der Waals surface area contributed by atoms with Gasteiger partial charge < -0.3 is 25.0 Å². The van der Waals surface area contributed by atoms with Gasteiger partial charge in [-0.1, -0.05) is 6.08 Å². The van der Waals surface area contributed by atoms with Crippen molar-refractivity contribution in [2.45, 2.75) is 57.1 Å². The van der Waals surface area contributed by atoms with Gasteiger partial charge in [-0.05, 0) is 57.5 Å². The first-order valence-electron chi connectivity index (χ1n) is 12.9. The Morgan fingerprint density at radius 2 is 2.17 bits per heavy atom. The summed E-state index contributed by atoms with van der Waals surface area (Å²) in [5, 5.41) is 15.6. The smallest absolute Gasteiger partial charge is 0.241 e. The number of anilines is 1. The number of aryl methyl sites for hydroxylation is 1. The fraction of sp³-hybridized carbons (Fsp3) is 0.556. The van der Waals surface area contributed by atoms with E-state index in [0.29, 0.717) is 38.2 Å². The molecule has 5 rings (SSSR count). The minimum absolute atomic E-state index is 0.116. The monoisotopic (exact) mass is 492 g/mol. The van der Waals surface area contributed by atoms with Gasteiger partial charge in [0.1, 0.15) is 5.60 Å². The van der Waals surface area contributed by atoms with Crippen LogP contribution < -0.4 is 15.4 Å². The van der Waals surface area contributed by atoms with Gasteiger partial charge in [0, 0.05) is 55.8 Å². The lowest BCUT2D eigenvalue weighted by molar-refractivity contribution is -0.129. The summed E-state index contributed by atoms with van der Waals surface area (Å²) in [6.45, 7) is 7.19. The molecule has 0 radical (unpaired) electrons. The Hall–Kier alpha value is -3.04. The van der Waals surface area contributed by atoms with Crippen LogP contribution in [0.5, 0.6) is 5.88 Å². The molecule has 2 fully saturated rings. The molecule has 0 bridgehead atoms. The second-order valence-corrected chi connectivity index (χ2v) is 10.4. The van der Waals surface area contributed by atoms with Crippen LogP contribution in [0.15, 0.2) is 30.5 Å². The number of ether oxygens (including phenoxy) is 2. The Morgan fingerprint density at radius 1 is 1.31 bits per heavy atom. The predicted octanol–water partition coefficient (Wildman–Crippen LogP) is 2.93. The van der Waals surface area contributed by atoms with Crippen LogP contribution in [-0.4, -0.2) is 77.5 Å². The molecule has 9 heteroatoms. The van der Waals surface area contributed by atoms with Crippen molar-refractivity contribution in [1.29, 1.82) is 0 Å². The summed E-state index contributed by atoms with van der Waals surface area (Å²) in [5.41, 5.74) is 4.83. The second-order valence-electron chi connectivity index (χ2n) is 10.4. The molecule has 2 aromatic rings. The van der Waals surface area contributed by atoms with Gasteiger partial charge in [-0.25, -0.2) is 0 Å². The van der Waals surface area contributed by atoms with E-state index >= 15 is 0 Å². The third kappa shape index (κ3) is 5.52. The minimum Gasteiger partial charge on any atom is -0.470 e.